The highest BCUT2D eigenvalue weighted by Gasteiger charge is 2.28. The number of hydrogen-bond acceptors (Lipinski definition) is 7. The van der Waals surface area contributed by atoms with Crippen LogP contribution >= 0.6 is 11.3 Å². The van der Waals surface area contributed by atoms with Gasteiger partial charge in [-0.1, -0.05) is 12.1 Å². The highest BCUT2D eigenvalue weighted by molar-refractivity contribution is 7.17. The average molecular weight is 403 g/mol. The standard InChI is InChI=1S/C20H21NO6S/c1-2-26-20(25)17-14-4-3-5-15(14)28-18(17)21-16(23)11-27-19(24)13-8-6-12(10-22)7-9-13/h6-9,22H,2-5,10-11H2,1H3,(H,21,23). The number of esters is 2. The first-order valence-corrected chi connectivity index (χ1v) is 9.83. The van der Waals surface area contributed by atoms with Crippen LogP contribution in [-0.2, 0) is 33.7 Å². The molecule has 0 fully saturated rings. The van der Waals surface area contributed by atoms with E-state index in [1.165, 1.54) is 23.5 Å². The molecule has 0 radical (unpaired) electrons. The van der Waals surface area contributed by atoms with Crippen molar-refractivity contribution in [3.63, 3.8) is 0 Å². The fraction of sp³-hybridized carbons (Fsp3) is 0.350. The molecule has 0 saturated carbocycles. The second-order valence-electron chi connectivity index (χ2n) is 6.26. The van der Waals surface area contributed by atoms with Crippen molar-refractivity contribution in [3.05, 3.63) is 51.4 Å². The zero-order valence-electron chi connectivity index (χ0n) is 15.4. The van der Waals surface area contributed by atoms with Gasteiger partial charge >= 0.3 is 11.9 Å². The molecule has 2 N–H and O–H groups in total. The van der Waals surface area contributed by atoms with E-state index in [0.29, 0.717) is 16.1 Å². The quantitative estimate of drug-likeness (QED) is 0.689. The summed E-state index contributed by atoms with van der Waals surface area (Å²) >= 11 is 1.37. The van der Waals surface area contributed by atoms with Crippen LogP contribution in [-0.4, -0.2) is 36.2 Å². The van der Waals surface area contributed by atoms with Crippen LogP contribution in [0.15, 0.2) is 24.3 Å². The van der Waals surface area contributed by atoms with Gasteiger partial charge < -0.3 is 19.9 Å². The molecular formula is C20H21NO6S. The van der Waals surface area contributed by atoms with Crippen molar-refractivity contribution in [1.29, 1.82) is 0 Å². The van der Waals surface area contributed by atoms with Gasteiger partial charge in [0.2, 0.25) is 0 Å². The number of rotatable bonds is 7. The van der Waals surface area contributed by atoms with Crippen molar-refractivity contribution in [3.8, 4) is 0 Å². The fourth-order valence-electron chi connectivity index (χ4n) is 3.03. The van der Waals surface area contributed by atoms with E-state index in [-0.39, 0.29) is 18.8 Å². The van der Waals surface area contributed by atoms with E-state index in [0.717, 1.165) is 29.7 Å². The summed E-state index contributed by atoms with van der Waals surface area (Å²) in [4.78, 5) is 37.7. The Labute approximate surface area is 166 Å². The molecule has 0 atom stereocenters. The number of nitrogens with one attached hydrogen (secondary N) is 1. The summed E-state index contributed by atoms with van der Waals surface area (Å²) in [6.07, 6.45) is 2.64. The predicted molar refractivity (Wildman–Crippen MR) is 104 cm³/mol. The lowest BCUT2D eigenvalue weighted by Gasteiger charge is -2.09. The van der Waals surface area contributed by atoms with Crippen LogP contribution in [0.4, 0.5) is 5.00 Å². The van der Waals surface area contributed by atoms with Crippen LogP contribution < -0.4 is 5.32 Å². The molecule has 148 valence electrons. The molecule has 1 amide bonds. The van der Waals surface area contributed by atoms with Crippen molar-refractivity contribution in [2.75, 3.05) is 18.5 Å². The van der Waals surface area contributed by atoms with Gasteiger partial charge in [-0.2, -0.15) is 0 Å². The van der Waals surface area contributed by atoms with Crippen molar-refractivity contribution in [1.82, 2.24) is 0 Å². The first-order valence-electron chi connectivity index (χ1n) is 9.02. The third-order valence-electron chi connectivity index (χ3n) is 4.36. The smallest absolute Gasteiger partial charge is 0.341 e. The van der Waals surface area contributed by atoms with Crippen LogP contribution in [0.1, 0.15) is 50.1 Å². The Balaban J connectivity index is 1.63. The molecule has 1 aromatic heterocycles. The topological polar surface area (TPSA) is 102 Å². The SMILES string of the molecule is CCOC(=O)c1c(NC(=O)COC(=O)c2ccc(CO)cc2)sc2c1CCC2. The lowest BCUT2D eigenvalue weighted by atomic mass is 10.1. The van der Waals surface area contributed by atoms with Gasteiger partial charge in [-0.25, -0.2) is 9.59 Å². The molecule has 8 heteroatoms. The normalized spacial score (nSPS) is 12.4. The molecule has 0 saturated heterocycles. The number of amides is 1. The number of benzene rings is 1. The minimum atomic E-state index is -0.640. The maximum atomic E-state index is 12.3. The van der Waals surface area contributed by atoms with E-state index in [2.05, 4.69) is 5.32 Å². The van der Waals surface area contributed by atoms with Gasteiger partial charge in [0.25, 0.3) is 5.91 Å². The Morgan fingerprint density at radius 3 is 2.54 bits per heavy atom. The van der Waals surface area contributed by atoms with Gasteiger partial charge in [0.05, 0.1) is 24.3 Å². The molecular weight excluding hydrogens is 382 g/mol. The van der Waals surface area contributed by atoms with Crippen LogP contribution in [0.5, 0.6) is 0 Å². The van der Waals surface area contributed by atoms with E-state index in [1.54, 1.807) is 19.1 Å². The minimum Gasteiger partial charge on any atom is -0.462 e. The Bertz CT molecular complexity index is 887. The van der Waals surface area contributed by atoms with Gasteiger partial charge in [-0.15, -0.1) is 11.3 Å². The monoisotopic (exact) mass is 403 g/mol. The van der Waals surface area contributed by atoms with E-state index >= 15 is 0 Å². The number of hydrogen-bond donors (Lipinski definition) is 2. The maximum absolute atomic E-state index is 12.3. The van der Waals surface area contributed by atoms with E-state index in [4.69, 9.17) is 14.6 Å². The molecule has 3 rings (SSSR count). The molecule has 1 aromatic carbocycles. The van der Waals surface area contributed by atoms with Crippen molar-refractivity contribution >= 4 is 34.2 Å². The van der Waals surface area contributed by atoms with Gasteiger partial charge in [0, 0.05) is 4.88 Å². The van der Waals surface area contributed by atoms with Gasteiger partial charge in [0.15, 0.2) is 6.61 Å². The lowest BCUT2D eigenvalue weighted by Crippen LogP contribution is -2.22. The second-order valence-corrected chi connectivity index (χ2v) is 7.37. The van der Waals surface area contributed by atoms with Gasteiger partial charge in [0.1, 0.15) is 5.00 Å². The first kappa shape index (κ1) is 20.0. The number of anilines is 1. The third-order valence-corrected chi connectivity index (χ3v) is 5.57. The zero-order valence-corrected chi connectivity index (χ0v) is 16.3. The number of fused-ring (bicyclic) bond motifs is 1. The molecule has 28 heavy (non-hydrogen) atoms. The van der Waals surface area contributed by atoms with Crippen LogP contribution in [0.2, 0.25) is 0 Å². The van der Waals surface area contributed by atoms with Crippen LogP contribution in [0.25, 0.3) is 0 Å². The highest BCUT2D eigenvalue weighted by Crippen LogP contribution is 2.39. The number of aliphatic hydroxyl groups excluding tert-OH is 1. The molecule has 2 aromatic rings. The maximum Gasteiger partial charge on any atom is 0.341 e. The number of ether oxygens (including phenoxy) is 2. The van der Waals surface area contributed by atoms with Gasteiger partial charge in [-0.05, 0) is 49.4 Å². The van der Waals surface area contributed by atoms with Crippen LogP contribution in [0, 0.1) is 0 Å². The summed E-state index contributed by atoms with van der Waals surface area (Å²) < 4.78 is 10.2. The molecule has 1 aliphatic carbocycles. The number of aryl methyl sites for hydroxylation is 1. The summed E-state index contributed by atoms with van der Waals surface area (Å²) in [7, 11) is 0. The zero-order chi connectivity index (χ0) is 20.1. The molecule has 0 bridgehead atoms. The molecule has 0 unspecified atom stereocenters. The average Bonchev–Trinajstić information content (AvgIpc) is 3.27. The Kier molecular flexibility index (Phi) is 6.43. The molecule has 1 aliphatic rings. The van der Waals surface area contributed by atoms with E-state index < -0.39 is 24.5 Å². The summed E-state index contributed by atoms with van der Waals surface area (Å²) in [6.45, 7) is 1.40. The summed E-state index contributed by atoms with van der Waals surface area (Å²) in [6, 6.07) is 6.26. The Morgan fingerprint density at radius 1 is 1.11 bits per heavy atom. The lowest BCUT2D eigenvalue weighted by molar-refractivity contribution is -0.119. The first-order chi connectivity index (χ1) is 13.5. The number of aliphatic hydroxyl groups is 1. The highest BCUT2D eigenvalue weighted by atomic mass is 32.1. The Hall–Kier alpha value is -2.71. The summed E-state index contributed by atoms with van der Waals surface area (Å²) in [5.41, 5.74) is 2.32. The summed E-state index contributed by atoms with van der Waals surface area (Å²) in [5.74, 6) is -1.61. The molecule has 0 aliphatic heterocycles. The van der Waals surface area contributed by atoms with E-state index in [9.17, 15) is 14.4 Å². The number of carbonyl (C=O) groups is 3. The van der Waals surface area contributed by atoms with Crippen molar-refractivity contribution in [2.45, 2.75) is 32.8 Å². The number of carbonyl (C=O) groups excluding carboxylic acids is 3. The van der Waals surface area contributed by atoms with E-state index in [1.807, 2.05) is 0 Å². The Morgan fingerprint density at radius 2 is 1.86 bits per heavy atom. The number of thiophene rings is 1. The molecule has 1 heterocycles. The largest absolute Gasteiger partial charge is 0.462 e. The predicted octanol–water partition coefficient (Wildman–Crippen LogP) is 2.70. The van der Waals surface area contributed by atoms with Crippen LogP contribution in [0.3, 0.4) is 0 Å². The molecule has 7 nitrogen and oxygen atoms in total. The van der Waals surface area contributed by atoms with Crippen molar-refractivity contribution < 1.29 is 29.0 Å². The third kappa shape index (κ3) is 4.40. The second kappa shape index (κ2) is 8.99. The minimum absolute atomic E-state index is 0.120. The molecule has 0 spiro atoms. The summed E-state index contributed by atoms with van der Waals surface area (Å²) in [5, 5.41) is 12.1. The van der Waals surface area contributed by atoms with Crippen molar-refractivity contribution in [2.24, 2.45) is 0 Å². The fourth-order valence-corrected chi connectivity index (χ4v) is 4.33. The van der Waals surface area contributed by atoms with Gasteiger partial charge in [-0.3, -0.25) is 4.79 Å².